The number of carbonyl (C=O) groups excluding carboxylic acids is 3. The van der Waals surface area contributed by atoms with Gasteiger partial charge >= 0.3 is 0 Å². The van der Waals surface area contributed by atoms with Crippen LogP contribution in [0.2, 0.25) is 4.34 Å². The van der Waals surface area contributed by atoms with Gasteiger partial charge in [-0.1, -0.05) is 11.6 Å². The monoisotopic (exact) mass is 437 g/mol. The second-order valence-electron chi connectivity index (χ2n) is 6.40. The van der Waals surface area contributed by atoms with Gasteiger partial charge in [-0.05, 0) is 42.8 Å². The Morgan fingerprint density at radius 1 is 1.34 bits per heavy atom. The summed E-state index contributed by atoms with van der Waals surface area (Å²) in [5, 5.41) is 14.7. The fourth-order valence-corrected chi connectivity index (χ4v) is 3.84. The normalized spacial score (nSPS) is 15.1. The van der Waals surface area contributed by atoms with Gasteiger partial charge in [0.05, 0.1) is 22.4 Å². The lowest BCUT2D eigenvalue weighted by atomic mass is 10.1. The molecular weight excluding hydrogens is 418 g/mol. The number of hydrogen-bond acceptors (Lipinski definition) is 6. The largest absolute Gasteiger partial charge is 0.394 e. The van der Waals surface area contributed by atoms with E-state index in [-0.39, 0.29) is 12.5 Å². The molecule has 1 aliphatic heterocycles. The van der Waals surface area contributed by atoms with Crippen molar-refractivity contribution in [3.8, 4) is 0 Å². The minimum Gasteiger partial charge on any atom is -0.394 e. The Kier molecular flexibility index (Phi) is 6.86. The predicted octanol–water partition coefficient (Wildman–Crippen LogP) is 1.80. The summed E-state index contributed by atoms with van der Waals surface area (Å²) in [6.07, 6.45) is 0. The molecule has 2 heterocycles. The Balaban J connectivity index is 1.66. The molecule has 3 rings (SSSR count). The van der Waals surface area contributed by atoms with Crippen LogP contribution in [0.15, 0.2) is 30.3 Å². The Morgan fingerprint density at radius 2 is 2.14 bits per heavy atom. The Morgan fingerprint density at radius 3 is 2.76 bits per heavy atom. The van der Waals surface area contributed by atoms with Crippen molar-refractivity contribution in [3.63, 3.8) is 0 Å². The van der Waals surface area contributed by atoms with Gasteiger partial charge in [0.25, 0.3) is 11.8 Å². The number of ether oxygens (including phenoxy) is 1. The minimum absolute atomic E-state index is 0.0469. The molecule has 10 heteroatoms. The third-order valence-electron chi connectivity index (χ3n) is 4.34. The highest BCUT2D eigenvalue weighted by atomic mass is 35.5. The van der Waals surface area contributed by atoms with Crippen LogP contribution in [0.4, 0.5) is 11.4 Å². The summed E-state index contributed by atoms with van der Waals surface area (Å²) >= 11 is 6.90. The number of rotatable bonds is 6. The SMILES string of the molecule is Cc1cc(NC(=O)C(CO)NC(=O)c2ccc(Cl)s2)ccc1N1CCOCC1=O. The van der Waals surface area contributed by atoms with Crippen LogP contribution in [0.3, 0.4) is 0 Å². The van der Waals surface area contributed by atoms with Gasteiger partial charge < -0.3 is 25.4 Å². The van der Waals surface area contributed by atoms with Crippen LogP contribution in [0.5, 0.6) is 0 Å². The molecule has 154 valence electrons. The molecule has 3 N–H and O–H groups in total. The number of amides is 3. The molecular formula is C19H20ClN3O5S. The quantitative estimate of drug-likeness (QED) is 0.638. The number of anilines is 2. The molecule has 0 aliphatic carbocycles. The molecule has 1 aromatic heterocycles. The molecule has 1 fully saturated rings. The first-order valence-corrected chi connectivity index (χ1v) is 10.0. The van der Waals surface area contributed by atoms with Crippen molar-refractivity contribution in [3.05, 3.63) is 45.1 Å². The third-order valence-corrected chi connectivity index (χ3v) is 5.57. The lowest BCUT2D eigenvalue weighted by Crippen LogP contribution is -2.46. The van der Waals surface area contributed by atoms with Gasteiger partial charge in [0.2, 0.25) is 5.91 Å². The van der Waals surface area contributed by atoms with E-state index in [4.69, 9.17) is 16.3 Å². The highest BCUT2D eigenvalue weighted by Crippen LogP contribution is 2.25. The number of aryl methyl sites for hydroxylation is 1. The molecule has 3 amide bonds. The van der Waals surface area contributed by atoms with Crippen molar-refractivity contribution in [2.45, 2.75) is 13.0 Å². The number of aliphatic hydroxyl groups excluding tert-OH is 1. The number of nitrogens with zero attached hydrogens (tertiary/aromatic N) is 1. The van der Waals surface area contributed by atoms with Crippen molar-refractivity contribution < 1.29 is 24.2 Å². The minimum atomic E-state index is -1.12. The number of thiophene rings is 1. The zero-order chi connectivity index (χ0) is 21.0. The molecule has 1 unspecified atom stereocenters. The number of carbonyl (C=O) groups is 3. The first-order chi connectivity index (χ1) is 13.9. The molecule has 1 aliphatic rings. The molecule has 1 aromatic carbocycles. The molecule has 0 spiro atoms. The van der Waals surface area contributed by atoms with Crippen LogP contribution in [0.1, 0.15) is 15.2 Å². The maximum absolute atomic E-state index is 12.5. The summed E-state index contributed by atoms with van der Waals surface area (Å²) in [4.78, 5) is 38.7. The fraction of sp³-hybridized carbons (Fsp3) is 0.316. The molecule has 0 bridgehead atoms. The van der Waals surface area contributed by atoms with Crippen molar-refractivity contribution in [2.75, 3.05) is 36.6 Å². The van der Waals surface area contributed by atoms with Crippen LogP contribution in [-0.2, 0) is 14.3 Å². The third kappa shape index (κ3) is 5.13. The van der Waals surface area contributed by atoms with E-state index in [2.05, 4.69) is 10.6 Å². The lowest BCUT2D eigenvalue weighted by molar-refractivity contribution is -0.125. The first-order valence-electron chi connectivity index (χ1n) is 8.85. The summed E-state index contributed by atoms with van der Waals surface area (Å²) < 4.78 is 5.59. The van der Waals surface area contributed by atoms with E-state index < -0.39 is 24.5 Å². The summed E-state index contributed by atoms with van der Waals surface area (Å²) in [5.74, 6) is -1.17. The van der Waals surface area contributed by atoms with Gasteiger partial charge in [-0.2, -0.15) is 0 Å². The van der Waals surface area contributed by atoms with Crippen molar-refractivity contribution in [1.82, 2.24) is 5.32 Å². The van der Waals surface area contributed by atoms with Crippen molar-refractivity contribution in [2.24, 2.45) is 0 Å². The van der Waals surface area contributed by atoms with Gasteiger partial charge in [0.15, 0.2) is 0 Å². The number of nitrogens with one attached hydrogen (secondary N) is 2. The lowest BCUT2D eigenvalue weighted by Gasteiger charge is -2.28. The smallest absolute Gasteiger partial charge is 0.262 e. The van der Waals surface area contributed by atoms with E-state index in [0.717, 1.165) is 22.6 Å². The van der Waals surface area contributed by atoms with Gasteiger partial charge in [-0.25, -0.2) is 0 Å². The van der Waals surface area contributed by atoms with E-state index in [9.17, 15) is 19.5 Å². The van der Waals surface area contributed by atoms with Gasteiger partial charge in [0, 0.05) is 17.9 Å². The van der Waals surface area contributed by atoms with Gasteiger partial charge in [-0.15, -0.1) is 11.3 Å². The zero-order valence-electron chi connectivity index (χ0n) is 15.6. The fourth-order valence-electron chi connectivity index (χ4n) is 2.90. The van der Waals surface area contributed by atoms with E-state index in [1.807, 2.05) is 6.92 Å². The van der Waals surface area contributed by atoms with Crippen molar-refractivity contribution in [1.29, 1.82) is 0 Å². The second-order valence-corrected chi connectivity index (χ2v) is 8.12. The van der Waals surface area contributed by atoms with Crippen LogP contribution in [0, 0.1) is 6.92 Å². The highest BCUT2D eigenvalue weighted by molar-refractivity contribution is 7.18. The zero-order valence-corrected chi connectivity index (χ0v) is 17.2. The van der Waals surface area contributed by atoms with Crippen LogP contribution in [-0.4, -0.2) is 55.2 Å². The molecule has 29 heavy (non-hydrogen) atoms. The van der Waals surface area contributed by atoms with Crippen LogP contribution >= 0.6 is 22.9 Å². The average Bonchev–Trinajstić information content (AvgIpc) is 3.13. The van der Waals surface area contributed by atoms with Crippen LogP contribution in [0.25, 0.3) is 0 Å². The van der Waals surface area contributed by atoms with E-state index in [1.54, 1.807) is 35.2 Å². The van der Waals surface area contributed by atoms with Gasteiger partial charge in [0.1, 0.15) is 12.6 Å². The Labute approximate surface area is 176 Å². The Bertz CT molecular complexity index is 932. The topological polar surface area (TPSA) is 108 Å². The summed E-state index contributed by atoms with van der Waals surface area (Å²) in [7, 11) is 0. The van der Waals surface area contributed by atoms with Crippen LogP contribution < -0.4 is 15.5 Å². The highest BCUT2D eigenvalue weighted by Gasteiger charge is 2.24. The first kappa shape index (κ1) is 21.3. The van der Waals surface area contributed by atoms with E-state index >= 15 is 0 Å². The predicted molar refractivity (Wildman–Crippen MR) is 111 cm³/mol. The molecule has 0 saturated carbocycles. The summed E-state index contributed by atoms with van der Waals surface area (Å²) in [6, 6.07) is 7.14. The number of halogens is 1. The Hall–Kier alpha value is -2.46. The number of morpholine rings is 1. The molecule has 1 saturated heterocycles. The molecule has 2 aromatic rings. The number of benzene rings is 1. The van der Waals surface area contributed by atoms with Gasteiger partial charge in [-0.3, -0.25) is 14.4 Å². The van der Waals surface area contributed by atoms with Crippen molar-refractivity contribution >= 4 is 52.0 Å². The molecule has 1 atom stereocenters. The molecule has 0 radical (unpaired) electrons. The standard InChI is InChI=1S/C19H20ClN3O5S/c1-11-8-12(2-3-14(11)23-6-7-28-10-17(23)25)21-18(26)13(9-24)22-19(27)15-4-5-16(20)29-15/h2-5,8,13,24H,6-7,9-10H2,1H3,(H,21,26)(H,22,27). The summed E-state index contributed by atoms with van der Waals surface area (Å²) in [5.41, 5.74) is 2.04. The average molecular weight is 438 g/mol. The molecule has 8 nitrogen and oxygen atoms in total. The maximum atomic E-state index is 12.5. The number of hydrogen-bond donors (Lipinski definition) is 3. The second kappa shape index (κ2) is 9.36. The van der Waals surface area contributed by atoms with E-state index in [0.29, 0.717) is 28.1 Å². The maximum Gasteiger partial charge on any atom is 0.262 e. The number of aliphatic hydroxyl groups is 1. The summed E-state index contributed by atoms with van der Waals surface area (Å²) in [6.45, 7) is 2.26. The van der Waals surface area contributed by atoms with E-state index in [1.165, 1.54) is 0 Å².